The zero-order valence-electron chi connectivity index (χ0n) is 16.0. The third-order valence-corrected chi connectivity index (χ3v) is 6.16. The molecule has 3 aliphatic heterocycles. The Morgan fingerprint density at radius 2 is 1.50 bits per heavy atom. The van der Waals surface area contributed by atoms with E-state index in [1.807, 2.05) is 0 Å². The van der Waals surface area contributed by atoms with Gasteiger partial charge in [0.05, 0.1) is 24.8 Å². The van der Waals surface area contributed by atoms with Gasteiger partial charge in [0.25, 0.3) is 5.91 Å². The molecular weight excluding hydrogens is 354 g/mol. The van der Waals surface area contributed by atoms with Gasteiger partial charge in [-0.05, 0) is 43.2 Å². The maximum Gasteiger partial charge on any atom is 0.253 e. The van der Waals surface area contributed by atoms with Gasteiger partial charge in [-0.3, -0.25) is 9.59 Å². The van der Waals surface area contributed by atoms with Crippen LogP contribution in [-0.4, -0.2) is 48.1 Å². The summed E-state index contributed by atoms with van der Waals surface area (Å²) in [5, 5.41) is 4.36. The van der Waals surface area contributed by atoms with Crippen molar-refractivity contribution in [1.29, 1.82) is 0 Å². The van der Waals surface area contributed by atoms with E-state index >= 15 is 0 Å². The average molecular weight is 377 g/mol. The number of rotatable bonds is 3. The summed E-state index contributed by atoms with van der Waals surface area (Å²) in [4.78, 5) is 28.2. The predicted molar refractivity (Wildman–Crippen MR) is 105 cm³/mol. The molecule has 3 atom stereocenters. The smallest absolute Gasteiger partial charge is 0.253 e. The van der Waals surface area contributed by atoms with Gasteiger partial charge in [0, 0.05) is 13.1 Å². The highest BCUT2D eigenvalue weighted by Crippen LogP contribution is 2.48. The first kappa shape index (κ1) is 17.4. The molecule has 0 unspecified atom stereocenters. The minimum Gasteiger partial charge on any atom is -0.497 e. The number of aryl methyl sites for hydroxylation is 1. The first-order valence-electron chi connectivity index (χ1n) is 9.72. The van der Waals surface area contributed by atoms with E-state index in [9.17, 15) is 9.59 Å². The summed E-state index contributed by atoms with van der Waals surface area (Å²) in [6.45, 7) is 3.76. The fourth-order valence-electron chi connectivity index (χ4n) is 4.86. The molecule has 0 saturated carbocycles. The van der Waals surface area contributed by atoms with E-state index in [2.05, 4.69) is 41.2 Å². The lowest BCUT2D eigenvalue weighted by atomic mass is 9.89. The van der Waals surface area contributed by atoms with Crippen molar-refractivity contribution in [2.45, 2.75) is 25.4 Å². The second-order valence-corrected chi connectivity index (χ2v) is 7.72. The third-order valence-electron chi connectivity index (χ3n) is 6.16. The van der Waals surface area contributed by atoms with Crippen LogP contribution < -0.4 is 9.64 Å². The molecule has 3 fully saturated rings. The summed E-state index contributed by atoms with van der Waals surface area (Å²) < 4.78 is 5.20. The molecule has 28 heavy (non-hydrogen) atoms. The number of hydrogen-bond donors (Lipinski definition) is 0. The summed E-state index contributed by atoms with van der Waals surface area (Å²) in [6, 6.07) is 14.9. The SMILES string of the molecule is COc1ccc(N2C(=O)[C@@H]3[C@H](C2=O)N2CCCN2[C@H]3c2ccc(C)cc2)cc1. The first-order valence-corrected chi connectivity index (χ1v) is 9.72. The number of amides is 2. The van der Waals surface area contributed by atoms with Crippen molar-refractivity contribution in [2.75, 3.05) is 25.1 Å². The maximum absolute atomic E-state index is 13.5. The summed E-state index contributed by atoms with van der Waals surface area (Å²) in [7, 11) is 1.60. The molecule has 6 heteroatoms. The molecule has 2 aromatic rings. The molecule has 2 aromatic carbocycles. The molecule has 5 rings (SSSR count). The average Bonchev–Trinajstić information content (AvgIpc) is 3.35. The first-order chi connectivity index (χ1) is 13.6. The number of methoxy groups -OCH3 is 1. The Balaban J connectivity index is 1.55. The molecule has 0 spiro atoms. The Morgan fingerprint density at radius 1 is 0.857 bits per heavy atom. The number of benzene rings is 2. The van der Waals surface area contributed by atoms with E-state index in [0.29, 0.717) is 11.4 Å². The van der Waals surface area contributed by atoms with Crippen LogP contribution in [0.3, 0.4) is 0 Å². The Morgan fingerprint density at radius 3 is 2.14 bits per heavy atom. The molecule has 0 bridgehead atoms. The molecule has 3 saturated heterocycles. The second kappa shape index (κ2) is 6.43. The van der Waals surface area contributed by atoms with Crippen LogP contribution in [-0.2, 0) is 9.59 Å². The Kier molecular flexibility index (Phi) is 4.00. The predicted octanol–water partition coefficient (Wildman–Crippen LogP) is 2.54. The zero-order chi connectivity index (χ0) is 19.4. The molecule has 6 nitrogen and oxygen atoms in total. The summed E-state index contributed by atoms with van der Waals surface area (Å²) in [5.41, 5.74) is 2.89. The lowest BCUT2D eigenvalue weighted by molar-refractivity contribution is -0.126. The van der Waals surface area contributed by atoms with Gasteiger partial charge in [0.15, 0.2) is 0 Å². The number of hydrogen-bond acceptors (Lipinski definition) is 5. The largest absolute Gasteiger partial charge is 0.497 e. The summed E-state index contributed by atoms with van der Waals surface area (Å²) in [6.07, 6.45) is 1.01. The van der Waals surface area contributed by atoms with E-state index in [1.165, 1.54) is 10.5 Å². The number of ether oxygens (including phenoxy) is 1. The number of fused-ring (bicyclic) bond motifs is 3. The van der Waals surface area contributed by atoms with Crippen LogP contribution >= 0.6 is 0 Å². The summed E-state index contributed by atoms with van der Waals surface area (Å²) in [5.74, 6) is 0.0886. The van der Waals surface area contributed by atoms with E-state index in [4.69, 9.17) is 4.74 Å². The van der Waals surface area contributed by atoms with Crippen molar-refractivity contribution in [3.8, 4) is 5.75 Å². The molecule has 0 aliphatic carbocycles. The minimum atomic E-state index is -0.414. The van der Waals surface area contributed by atoms with Crippen LogP contribution in [0, 0.1) is 12.8 Å². The highest BCUT2D eigenvalue weighted by molar-refractivity contribution is 6.24. The van der Waals surface area contributed by atoms with Crippen LogP contribution in [0.25, 0.3) is 0 Å². The Labute approximate surface area is 164 Å². The van der Waals surface area contributed by atoms with Crippen molar-refractivity contribution in [3.05, 3.63) is 59.7 Å². The van der Waals surface area contributed by atoms with E-state index in [0.717, 1.165) is 25.1 Å². The van der Waals surface area contributed by atoms with Crippen LogP contribution in [0.2, 0.25) is 0 Å². The van der Waals surface area contributed by atoms with Gasteiger partial charge in [0.2, 0.25) is 5.91 Å². The topological polar surface area (TPSA) is 53.1 Å². The van der Waals surface area contributed by atoms with E-state index in [-0.39, 0.29) is 23.8 Å². The number of imide groups is 1. The molecule has 0 N–H and O–H groups in total. The fourth-order valence-corrected chi connectivity index (χ4v) is 4.86. The standard InChI is InChI=1S/C22H23N3O3/c1-14-4-6-15(7-5-14)19-18-20(24-13-3-12-23(19)24)22(27)25(21(18)26)16-8-10-17(28-2)11-9-16/h4-11,18-20H,3,12-13H2,1-2H3/t18-,19-,20+/m0/s1. The lowest BCUT2D eigenvalue weighted by Gasteiger charge is -2.29. The fraction of sp³-hybridized carbons (Fsp3) is 0.364. The van der Waals surface area contributed by atoms with Gasteiger partial charge in [-0.15, -0.1) is 0 Å². The van der Waals surface area contributed by atoms with Gasteiger partial charge < -0.3 is 4.74 Å². The molecule has 0 radical (unpaired) electrons. The third kappa shape index (κ3) is 2.41. The zero-order valence-corrected chi connectivity index (χ0v) is 16.0. The van der Waals surface area contributed by atoms with Gasteiger partial charge >= 0.3 is 0 Å². The number of carbonyl (C=O) groups is 2. The number of carbonyl (C=O) groups excluding carboxylic acids is 2. The van der Waals surface area contributed by atoms with Gasteiger partial charge in [-0.1, -0.05) is 29.8 Å². The van der Waals surface area contributed by atoms with Crippen molar-refractivity contribution in [1.82, 2.24) is 10.0 Å². The number of nitrogens with zero attached hydrogens (tertiary/aromatic N) is 3. The molecule has 0 aromatic heterocycles. The monoisotopic (exact) mass is 377 g/mol. The number of hydrazine groups is 1. The second-order valence-electron chi connectivity index (χ2n) is 7.72. The quantitative estimate of drug-likeness (QED) is 0.770. The molecule has 2 amide bonds. The van der Waals surface area contributed by atoms with E-state index in [1.54, 1.807) is 31.4 Å². The van der Waals surface area contributed by atoms with Crippen molar-refractivity contribution in [3.63, 3.8) is 0 Å². The van der Waals surface area contributed by atoms with Gasteiger partial charge in [0.1, 0.15) is 11.8 Å². The van der Waals surface area contributed by atoms with Crippen LogP contribution in [0.15, 0.2) is 48.5 Å². The van der Waals surface area contributed by atoms with Crippen LogP contribution in [0.5, 0.6) is 5.75 Å². The molecular formula is C22H23N3O3. The number of anilines is 1. The maximum atomic E-state index is 13.5. The highest BCUT2D eigenvalue weighted by atomic mass is 16.5. The van der Waals surface area contributed by atoms with E-state index < -0.39 is 6.04 Å². The van der Waals surface area contributed by atoms with Crippen molar-refractivity contribution in [2.24, 2.45) is 5.92 Å². The van der Waals surface area contributed by atoms with Crippen molar-refractivity contribution >= 4 is 17.5 Å². The Bertz CT molecular complexity index is 925. The van der Waals surface area contributed by atoms with Crippen molar-refractivity contribution < 1.29 is 14.3 Å². The normalized spacial score (nSPS) is 27.4. The molecule has 3 aliphatic rings. The molecule has 3 heterocycles. The summed E-state index contributed by atoms with van der Waals surface area (Å²) >= 11 is 0. The Hall–Kier alpha value is -2.70. The van der Waals surface area contributed by atoms with Crippen LogP contribution in [0.4, 0.5) is 5.69 Å². The minimum absolute atomic E-state index is 0.0900. The highest BCUT2D eigenvalue weighted by Gasteiger charge is 2.62. The van der Waals surface area contributed by atoms with Crippen LogP contribution in [0.1, 0.15) is 23.6 Å². The lowest BCUT2D eigenvalue weighted by Crippen LogP contribution is -2.44. The van der Waals surface area contributed by atoms with Gasteiger partial charge in [-0.25, -0.2) is 14.9 Å². The molecule has 144 valence electrons. The van der Waals surface area contributed by atoms with Gasteiger partial charge in [-0.2, -0.15) is 0 Å².